The van der Waals surface area contributed by atoms with E-state index in [0.717, 1.165) is 11.1 Å². The zero-order valence-corrected chi connectivity index (χ0v) is 15.8. The molecule has 0 fully saturated rings. The maximum Gasteiger partial charge on any atom is 0.216 e. The Morgan fingerprint density at radius 1 is 1.48 bits per heavy atom. The molecule has 0 bridgehead atoms. The largest absolute Gasteiger partial charge is 0.495 e. The number of halogens is 2. The summed E-state index contributed by atoms with van der Waals surface area (Å²) in [6.45, 7) is 4.06. The Labute approximate surface area is 156 Å². The molecular formula is C16H17Cl2N3O3S. The minimum Gasteiger partial charge on any atom is -0.495 e. The number of hydrogen-bond acceptors (Lipinski definition) is 5. The van der Waals surface area contributed by atoms with Crippen molar-refractivity contribution in [3.05, 3.63) is 46.1 Å². The molecule has 2 aromatic rings. The number of aromatic nitrogens is 1. The normalized spacial score (nSPS) is 17.7. The highest BCUT2D eigenvalue weighted by Gasteiger charge is 2.38. The Kier molecular flexibility index (Phi) is 4.96. The number of rotatable bonds is 5. The lowest BCUT2D eigenvalue weighted by Crippen LogP contribution is -2.33. The van der Waals surface area contributed by atoms with Gasteiger partial charge in [0.15, 0.2) is 0 Å². The lowest BCUT2D eigenvalue weighted by atomic mass is 10.0. The highest BCUT2D eigenvalue weighted by molar-refractivity contribution is 7.89. The van der Waals surface area contributed by atoms with Crippen molar-refractivity contribution in [1.82, 2.24) is 9.29 Å². The number of nitrogens with zero attached hydrogens (tertiary/aromatic N) is 2. The van der Waals surface area contributed by atoms with Gasteiger partial charge in [0.1, 0.15) is 10.8 Å². The molecule has 0 saturated carbocycles. The predicted octanol–water partition coefficient (Wildman–Crippen LogP) is 2.88. The smallest absolute Gasteiger partial charge is 0.216 e. The van der Waals surface area contributed by atoms with E-state index in [9.17, 15) is 8.42 Å². The predicted molar refractivity (Wildman–Crippen MR) is 99.6 cm³/mol. The molecule has 2 N–H and O–H groups in total. The Bertz CT molecular complexity index is 963. The van der Waals surface area contributed by atoms with E-state index in [-0.39, 0.29) is 28.9 Å². The summed E-state index contributed by atoms with van der Waals surface area (Å²) in [6.07, 6.45) is 3.22. The van der Waals surface area contributed by atoms with E-state index in [2.05, 4.69) is 11.6 Å². The third kappa shape index (κ3) is 2.90. The second-order valence-corrected chi connectivity index (χ2v) is 8.43. The van der Waals surface area contributed by atoms with Crippen LogP contribution in [0.15, 0.2) is 24.9 Å². The van der Waals surface area contributed by atoms with E-state index in [1.165, 1.54) is 11.4 Å². The third-order valence-electron chi connectivity index (χ3n) is 4.24. The fourth-order valence-electron chi connectivity index (χ4n) is 3.12. The SMILES string of the molecule is C=C[C@H]1c2c(cnc3c(Cl)c(Cl)c(OC)cc23)CN1S(=O)(=O)CCN. The summed E-state index contributed by atoms with van der Waals surface area (Å²) in [5.41, 5.74) is 7.52. The molecule has 9 heteroatoms. The highest BCUT2D eigenvalue weighted by Crippen LogP contribution is 2.45. The van der Waals surface area contributed by atoms with Crippen LogP contribution in [0.1, 0.15) is 17.2 Å². The van der Waals surface area contributed by atoms with Crippen molar-refractivity contribution in [2.75, 3.05) is 19.4 Å². The van der Waals surface area contributed by atoms with Gasteiger partial charge in [0, 0.05) is 24.7 Å². The number of ether oxygens (including phenoxy) is 1. The lowest BCUT2D eigenvalue weighted by Gasteiger charge is -2.22. The topological polar surface area (TPSA) is 85.5 Å². The van der Waals surface area contributed by atoms with Crippen LogP contribution in [0.4, 0.5) is 0 Å². The van der Waals surface area contributed by atoms with E-state index in [1.807, 2.05) is 0 Å². The monoisotopic (exact) mass is 401 g/mol. The molecule has 0 spiro atoms. The third-order valence-corrected chi connectivity index (χ3v) is 6.90. The van der Waals surface area contributed by atoms with Crippen molar-refractivity contribution in [3.63, 3.8) is 0 Å². The van der Waals surface area contributed by atoms with Crippen LogP contribution in [-0.4, -0.2) is 37.1 Å². The molecule has 0 saturated heterocycles. The second-order valence-electron chi connectivity index (χ2n) is 5.63. The number of sulfonamides is 1. The van der Waals surface area contributed by atoms with Crippen molar-refractivity contribution >= 4 is 44.1 Å². The van der Waals surface area contributed by atoms with Crippen LogP contribution in [0.5, 0.6) is 5.75 Å². The van der Waals surface area contributed by atoms with Crippen LogP contribution in [0.3, 0.4) is 0 Å². The van der Waals surface area contributed by atoms with Gasteiger partial charge in [-0.2, -0.15) is 4.31 Å². The van der Waals surface area contributed by atoms with Gasteiger partial charge in [0.2, 0.25) is 10.0 Å². The van der Waals surface area contributed by atoms with Crippen molar-refractivity contribution in [2.24, 2.45) is 5.73 Å². The van der Waals surface area contributed by atoms with Gasteiger partial charge >= 0.3 is 0 Å². The maximum atomic E-state index is 12.6. The fourth-order valence-corrected chi connectivity index (χ4v) is 4.99. The summed E-state index contributed by atoms with van der Waals surface area (Å²) in [7, 11) is -2.03. The summed E-state index contributed by atoms with van der Waals surface area (Å²) < 4.78 is 31.8. The van der Waals surface area contributed by atoms with Crippen molar-refractivity contribution < 1.29 is 13.2 Å². The van der Waals surface area contributed by atoms with Gasteiger partial charge in [-0.25, -0.2) is 8.42 Å². The quantitative estimate of drug-likeness (QED) is 0.778. The number of fused-ring (bicyclic) bond motifs is 3. The Balaban J connectivity index is 2.26. The first-order chi connectivity index (χ1) is 11.9. The first-order valence-corrected chi connectivity index (χ1v) is 9.87. The fraction of sp³-hybridized carbons (Fsp3) is 0.312. The number of hydrogen-bond donors (Lipinski definition) is 1. The molecule has 1 atom stereocenters. The Morgan fingerprint density at radius 2 is 2.20 bits per heavy atom. The molecular weight excluding hydrogens is 385 g/mol. The van der Waals surface area contributed by atoms with E-state index in [4.69, 9.17) is 33.7 Å². The summed E-state index contributed by atoms with van der Waals surface area (Å²) >= 11 is 12.5. The van der Waals surface area contributed by atoms with E-state index < -0.39 is 16.1 Å². The first-order valence-electron chi connectivity index (χ1n) is 7.51. The molecule has 1 aromatic heterocycles. The summed E-state index contributed by atoms with van der Waals surface area (Å²) in [5.74, 6) is 0.271. The minimum atomic E-state index is -3.52. The van der Waals surface area contributed by atoms with E-state index in [0.29, 0.717) is 16.7 Å². The number of pyridine rings is 1. The number of methoxy groups -OCH3 is 1. The Hall–Kier alpha value is -1.38. The molecule has 1 aliphatic rings. The van der Waals surface area contributed by atoms with Crippen LogP contribution in [0, 0.1) is 0 Å². The molecule has 134 valence electrons. The molecule has 6 nitrogen and oxygen atoms in total. The van der Waals surface area contributed by atoms with E-state index in [1.54, 1.807) is 18.3 Å². The molecule has 3 rings (SSSR count). The van der Waals surface area contributed by atoms with Crippen LogP contribution in [0.25, 0.3) is 10.9 Å². The zero-order chi connectivity index (χ0) is 18.4. The molecule has 1 aromatic carbocycles. The Morgan fingerprint density at radius 3 is 2.80 bits per heavy atom. The average molecular weight is 402 g/mol. The van der Waals surface area contributed by atoms with Gasteiger partial charge in [-0.15, -0.1) is 6.58 Å². The highest BCUT2D eigenvalue weighted by atomic mass is 35.5. The first kappa shape index (κ1) is 18.4. The molecule has 2 heterocycles. The van der Waals surface area contributed by atoms with Crippen molar-refractivity contribution in [2.45, 2.75) is 12.6 Å². The minimum absolute atomic E-state index is 0.0489. The zero-order valence-electron chi connectivity index (χ0n) is 13.5. The van der Waals surface area contributed by atoms with Gasteiger partial charge in [0.05, 0.1) is 29.4 Å². The molecule has 0 aliphatic carbocycles. The molecule has 0 amide bonds. The van der Waals surface area contributed by atoms with Crippen LogP contribution in [0.2, 0.25) is 10.0 Å². The van der Waals surface area contributed by atoms with Gasteiger partial charge in [-0.1, -0.05) is 29.3 Å². The average Bonchev–Trinajstić information content (AvgIpc) is 2.97. The van der Waals surface area contributed by atoms with Crippen LogP contribution in [-0.2, 0) is 16.6 Å². The van der Waals surface area contributed by atoms with Crippen molar-refractivity contribution in [3.8, 4) is 5.75 Å². The van der Waals surface area contributed by atoms with E-state index >= 15 is 0 Å². The molecule has 1 aliphatic heterocycles. The van der Waals surface area contributed by atoms with Gasteiger partial charge < -0.3 is 10.5 Å². The molecule has 0 unspecified atom stereocenters. The van der Waals surface area contributed by atoms with Crippen LogP contribution >= 0.6 is 23.2 Å². The lowest BCUT2D eigenvalue weighted by molar-refractivity contribution is 0.396. The summed E-state index contributed by atoms with van der Waals surface area (Å²) in [4.78, 5) is 4.37. The van der Waals surface area contributed by atoms with Gasteiger partial charge in [-0.3, -0.25) is 4.98 Å². The summed E-state index contributed by atoms with van der Waals surface area (Å²) in [5, 5.41) is 1.23. The molecule has 0 radical (unpaired) electrons. The van der Waals surface area contributed by atoms with Crippen molar-refractivity contribution in [1.29, 1.82) is 0 Å². The standard InChI is InChI=1S/C16H17Cl2N3O3S/c1-3-11-13-9(8-21(11)25(22,23)5-4-19)7-20-16-10(13)6-12(24-2)14(17)15(16)18/h3,6-7,11H,1,4-5,8,19H2,2H3/t11-/m0/s1. The molecule has 25 heavy (non-hydrogen) atoms. The second kappa shape index (κ2) is 6.74. The maximum absolute atomic E-state index is 12.6. The van der Waals surface area contributed by atoms with Crippen LogP contribution < -0.4 is 10.5 Å². The van der Waals surface area contributed by atoms with Gasteiger partial charge in [-0.05, 0) is 17.2 Å². The number of benzene rings is 1. The summed E-state index contributed by atoms with van der Waals surface area (Å²) in [6, 6.07) is 1.20. The number of nitrogens with two attached hydrogens (primary N) is 1. The van der Waals surface area contributed by atoms with Gasteiger partial charge in [0.25, 0.3) is 0 Å².